The number of nitrogens with zero attached hydrogens (tertiary/aromatic N) is 1. The fourth-order valence-electron chi connectivity index (χ4n) is 3.08. The molecule has 1 aromatic rings. The Labute approximate surface area is 158 Å². The van der Waals surface area contributed by atoms with E-state index in [1.807, 2.05) is 0 Å². The molecule has 0 aromatic heterocycles. The third-order valence-electron chi connectivity index (χ3n) is 4.56. The highest BCUT2D eigenvalue weighted by atomic mass is 32.2. The summed E-state index contributed by atoms with van der Waals surface area (Å²) in [5.74, 6) is -2.44. The number of sulfonamides is 1. The molecule has 1 fully saturated rings. The van der Waals surface area contributed by atoms with Gasteiger partial charge in [-0.15, -0.1) is 0 Å². The molecule has 0 radical (unpaired) electrons. The minimum absolute atomic E-state index is 0.0791. The first-order valence-electron chi connectivity index (χ1n) is 9.05. The molecule has 0 aliphatic heterocycles. The van der Waals surface area contributed by atoms with Gasteiger partial charge in [0.15, 0.2) is 6.61 Å². The maximum absolute atomic E-state index is 14.0. The molecule has 1 saturated carbocycles. The third kappa shape index (κ3) is 5.26. The van der Waals surface area contributed by atoms with Gasteiger partial charge in [0.2, 0.25) is 10.0 Å². The van der Waals surface area contributed by atoms with Crippen molar-refractivity contribution in [1.82, 2.24) is 9.62 Å². The highest BCUT2D eigenvalue weighted by Gasteiger charge is 2.25. The summed E-state index contributed by atoms with van der Waals surface area (Å²) in [5, 5.41) is 2.75. The molecule has 0 unspecified atom stereocenters. The average Bonchev–Trinajstić information content (AvgIpc) is 3.13. The monoisotopic (exact) mass is 400 g/mol. The lowest BCUT2D eigenvalue weighted by molar-refractivity contribution is -0.124. The molecule has 0 heterocycles. The summed E-state index contributed by atoms with van der Waals surface area (Å²) in [6.45, 7) is 3.32. The van der Waals surface area contributed by atoms with Gasteiger partial charge in [-0.05, 0) is 31.0 Å². The quantitative estimate of drug-likeness (QED) is 0.675. The summed E-state index contributed by atoms with van der Waals surface area (Å²) in [6, 6.07) is 3.04. The fraction of sp³-hybridized carbons (Fsp3) is 0.556. The van der Waals surface area contributed by atoms with Crippen LogP contribution in [0.15, 0.2) is 23.1 Å². The van der Waals surface area contributed by atoms with Crippen LogP contribution in [0, 0.1) is 5.82 Å². The number of ether oxygens (including phenoxy) is 1. The third-order valence-corrected chi connectivity index (χ3v) is 6.60. The number of benzene rings is 1. The topological polar surface area (TPSA) is 92.8 Å². The molecule has 7 nitrogen and oxygen atoms in total. The van der Waals surface area contributed by atoms with Crippen molar-refractivity contribution in [3.63, 3.8) is 0 Å². The summed E-state index contributed by atoms with van der Waals surface area (Å²) < 4.78 is 45.1. The zero-order valence-corrected chi connectivity index (χ0v) is 16.4. The number of amides is 1. The van der Waals surface area contributed by atoms with Crippen LogP contribution in [0.3, 0.4) is 0 Å². The molecule has 1 N–H and O–H groups in total. The highest BCUT2D eigenvalue weighted by Crippen LogP contribution is 2.20. The zero-order chi connectivity index (χ0) is 20.0. The molecule has 1 amide bonds. The van der Waals surface area contributed by atoms with Gasteiger partial charge in [0.25, 0.3) is 5.91 Å². The molecule has 0 saturated heterocycles. The van der Waals surface area contributed by atoms with Crippen LogP contribution in [0.25, 0.3) is 0 Å². The number of nitrogens with one attached hydrogen (secondary N) is 1. The van der Waals surface area contributed by atoms with E-state index in [-0.39, 0.29) is 24.0 Å². The summed E-state index contributed by atoms with van der Waals surface area (Å²) in [4.78, 5) is 23.8. The summed E-state index contributed by atoms with van der Waals surface area (Å²) in [6.07, 6.45) is 3.87. The van der Waals surface area contributed by atoms with E-state index >= 15 is 0 Å². The van der Waals surface area contributed by atoms with Crippen molar-refractivity contribution < 1.29 is 27.1 Å². The lowest BCUT2D eigenvalue weighted by atomic mass is 10.2. The first-order valence-corrected chi connectivity index (χ1v) is 10.5. The van der Waals surface area contributed by atoms with Gasteiger partial charge >= 0.3 is 5.97 Å². The molecule has 27 heavy (non-hydrogen) atoms. The second-order valence-corrected chi connectivity index (χ2v) is 8.29. The first-order chi connectivity index (χ1) is 12.8. The molecule has 0 atom stereocenters. The van der Waals surface area contributed by atoms with Gasteiger partial charge < -0.3 is 10.1 Å². The summed E-state index contributed by atoms with van der Waals surface area (Å²) >= 11 is 0. The van der Waals surface area contributed by atoms with Gasteiger partial charge in [-0.3, -0.25) is 4.79 Å². The highest BCUT2D eigenvalue weighted by molar-refractivity contribution is 7.89. The number of hydrogen-bond acceptors (Lipinski definition) is 5. The maximum Gasteiger partial charge on any atom is 0.341 e. The number of halogens is 1. The Hall–Kier alpha value is -2.00. The van der Waals surface area contributed by atoms with Gasteiger partial charge in [-0.25, -0.2) is 17.6 Å². The molecular formula is C18H25FN2O5S. The van der Waals surface area contributed by atoms with Gasteiger partial charge in [0.1, 0.15) is 5.82 Å². The lowest BCUT2D eigenvalue weighted by Crippen LogP contribution is -2.36. The number of carbonyl (C=O) groups is 2. The van der Waals surface area contributed by atoms with Crippen molar-refractivity contribution in [2.45, 2.75) is 50.5 Å². The predicted molar refractivity (Wildman–Crippen MR) is 97.2 cm³/mol. The van der Waals surface area contributed by atoms with E-state index in [1.165, 1.54) is 4.31 Å². The zero-order valence-electron chi connectivity index (χ0n) is 15.5. The van der Waals surface area contributed by atoms with Crippen LogP contribution in [0.1, 0.15) is 49.9 Å². The van der Waals surface area contributed by atoms with E-state index in [1.54, 1.807) is 13.8 Å². The lowest BCUT2D eigenvalue weighted by Gasteiger charge is -2.18. The fourth-order valence-corrected chi connectivity index (χ4v) is 4.57. The second kappa shape index (κ2) is 9.27. The van der Waals surface area contributed by atoms with Crippen LogP contribution >= 0.6 is 0 Å². The van der Waals surface area contributed by atoms with Crippen LogP contribution in [-0.2, 0) is 19.6 Å². The van der Waals surface area contributed by atoms with Crippen LogP contribution in [0.4, 0.5) is 4.39 Å². The van der Waals surface area contributed by atoms with Crippen molar-refractivity contribution in [1.29, 1.82) is 0 Å². The molecule has 9 heteroatoms. The van der Waals surface area contributed by atoms with E-state index in [2.05, 4.69) is 5.32 Å². The van der Waals surface area contributed by atoms with Crippen molar-refractivity contribution in [2.75, 3.05) is 19.7 Å². The molecule has 1 aliphatic carbocycles. The van der Waals surface area contributed by atoms with Crippen LogP contribution < -0.4 is 5.32 Å². The van der Waals surface area contributed by atoms with E-state index in [4.69, 9.17) is 4.74 Å². The number of rotatable bonds is 8. The Balaban J connectivity index is 2.08. The van der Waals surface area contributed by atoms with Crippen molar-refractivity contribution in [3.05, 3.63) is 29.6 Å². The minimum Gasteiger partial charge on any atom is -0.452 e. The van der Waals surface area contributed by atoms with E-state index < -0.39 is 39.9 Å². The van der Waals surface area contributed by atoms with E-state index in [0.717, 1.165) is 43.9 Å². The number of carbonyl (C=O) groups excluding carboxylic acids is 2. The van der Waals surface area contributed by atoms with Crippen molar-refractivity contribution >= 4 is 21.9 Å². The Morgan fingerprint density at radius 2 is 1.85 bits per heavy atom. The van der Waals surface area contributed by atoms with Crippen LogP contribution in [-0.4, -0.2) is 50.3 Å². The Bertz CT molecular complexity index is 787. The van der Waals surface area contributed by atoms with E-state index in [9.17, 15) is 22.4 Å². The summed E-state index contributed by atoms with van der Waals surface area (Å²) in [7, 11) is -3.84. The standard InChI is InChI=1S/C18H25FN2O5S/c1-3-21(4-2)27(24,25)14-9-10-16(19)15(11-14)18(23)26-12-17(22)20-13-7-5-6-8-13/h9-11,13H,3-8,12H2,1-2H3,(H,20,22). The molecule has 0 bridgehead atoms. The van der Waals surface area contributed by atoms with Crippen LogP contribution in [0.2, 0.25) is 0 Å². The SMILES string of the molecule is CCN(CC)S(=O)(=O)c1ccc(F)c(C(=O)OCC(=O)NC2CCCC2)c1. The minimum atomic E-state index is -3.84. The average molecular weight is 400 g/mol. The van der Waals surface area contributed by atoms with Gasteiger partial charge in [-0.2, -0.15) is 4.31 Å². The Morgan fingerprint density at radius 1 is 1.22 bits per heavy atom. The largest absolute Gasteiger partial charge is 0.452 e. The van der Waals surface area contributed by atoms with E-state index in [0.29, 0.717) is 0 Å². The molecule has 150 valence electrons. The number of esters is 1. The molecule has 0 spiro atoms. The second-order valence-electron chi connectivity index (χ2n) is 6.36. The maximum atomic E-state index is 14.0. The molecule has 2 rings (SSSR count). The predicted octanol–water partition coefficient (Wildman–Crippen LogP) is 2.07. The van der Waals surface area contributed by atoms with Crippen molar-refractivity contribution in [3.8, 4) is 0 Å². The van der Waals surface area contributed by atoms with Gasteiger partial charge in [0.05, 0.1) is 10.5 Å². The molecular weight excluding hydrogens is 375 g/mol. The summed E-state index contributed by atoms with van der Waals surface area (Å²) in [5.41, 5.74) is -0.517. The smallest absolute Gasteiger partial charge is 0.341 e. The van der Waals surface area contributed by atoms with Gasteiger partial charge in [-0.1, -0.05) is 26.7 Å². The normalized spacial score (nSPS) is 15.1. The Morgan fingerprint density at radius 3 is 2.44 bits per heavy atom. The van der Waals surface area contributed by atoms with Crippen molar-refractivity contribution in [2.24, 2.45) is 0 Å². The number of hydrogen-bond donors (Lipinski definition) is 1. The van der Waals surface area contributed by atoms with Crippen LogP contribution in [0.5, 0.6) is 0 Å². The molecule has 1 aliphatic rings. The Kier molecular flexibility index (Phi) is 7.32. The molecule has 1 aromatic carbocycles. The first kappa shape index (κ1) is 21.3. The van der Waals surface area contributed by atoms with Gasteiger partial charge in [0, 0.05) is 19.1 Å².